The quantitative estimate of drug-likeness (QED) is 0.594. The summed E-state index contributed by atoms with van der Waals surface area (Å²) in [6.07, 6.45) is -0.310. The second-order valence-corrected chi connectivity index (χ2v) is 2.00. The molecule has 1 atom stereocenters. The van der Waals surface area contributed by atoms with Crippen LogP contribution in [0, 0.1) is 0 Å². The zero-order chi connectivity index (χ0) is 6.69. The lowest BCUT2D eigenvalue weighted by atomic mass is 10.3. The minimum absolute atomic E-state index is 0. The molecule has 0 bridgehead atoms. The molecule has 1 heterocycles. The summed E-state index contributed by atoms with van der Waals surface area (Å²) in [7, 11) is 1.84. The van der Waals surface area contributed by atoms with E-state index in [4.69, 9.17) is 0 Å². The number of likely N-dealkylation sites (N-methyl/N-ethyl adjacent to an activating group) is 1. The fraction of sp³-hybridized carbons (Fsp3) is 0.800. The van der Waals surface area contributed by atoms with Gasteiger partial charge in [0.25, 0.3) is 0 Å². The molecule has 60 valence electrons. The van der Waals surface area contributed by atoms with Crippen molar-refractivity contribution >= 4 is 18.5 Å². The highest BCUT2D eigenvalue weighted by Gasteiger charge is 2.20. The predicted octanol–water partition coefficient (Wildman–Crippen LogP) is -0.264. The Hall–Kier alpha value is -0.480. The van der Waals surface area contributed by atoms with Crippen LogP contribution in [0.25, 0.3) is 0 Å². The second-order valence-electron chi connectivity index (χ2n) is 2.00. The first kappa shape index (κ1) is 9.52. The third kappa shape index (κ3) is 2.41. The summed E-state index contributed by atoms with van der Waals surface area (Å²) in [5.41, 5.74) is 0. The molecule has 1 amide bonds. The third-order valence-corrected chi connectivity index (χ3v) is 1.19. The Balaban J connectivity index is 0.000000810. The number of alkyl carbamates (subject to hydrolysis) is 1. The first-order chi connectivity index (χ1) is 4.33. The largest absolute Gasteiger partial charge is 0.447 e. The monoisotopic (exact) mass is 166 g/mol. The first-order valence-electron chi connectivity index (χ1n) is 2.91. The van der Waals surface area contributed by atoms with Crippen molar-refractivity contribution in [3.05, 3.63) is 0 Å². The second kappa shape index (κ2) is 4.35. The molecular weight excluding hydrogens is 156 g/mol. The van der Waals surface area contributed by atoms with Crippen molar-refractivity contribution < 1.29 is 9.53 Å². The van der Waals surface area contributed by atoms with Gasteiger partial charge in [0, 0.05) is 6.54 Å². The zero-order valence-electron chi connectivity index (χ0n) is 5.72. The average Bonchev–Trinajstić information content (AvgIpc) is 2.17. The predicted molar refractivity (Wildman–Crippen MR) is 39.4 cm³/mol. The van der Waals surface area contributed by atoms with Gasteiger partial charge >= 0.3 is 6.09 Å². The number of halogens is 1. The Morgan fingerprint density at radius 1 is 1.90 bits per heavy atom. The standard InChI is InChI=1S/C5H10N2O2.ClH/c1-6-2-4-3-9-5(8)7-4;/h4,6H,2-3H2,1H3,(H,7,8);1H/t4-;/m1./s1. The number of amides is 1. The lowest BCUT2D eigenvalue weighted by molar-refractivity contribution is 0.177. The average molecular weight is 167 g/mol. The molecule has 0 unspecified atom stereocenters. The summed E-state index contributed by atoms with van der Waals surface area (Å²) in [6, 6.07) is 0.155. The van der Waals surface area contributed by atoms with E-state index in [1.165, 1.54) is 0 Å². The fourth-order valence-corrected chi connectivity index (χ4v) is 0.783. The molecule has 1 aliphatic rings. The van der Waals surface area contributed by atoms with Gasteiger partial charge in [-0.25, -0.2) is 4.79 Å². The van der Waals surface area contributed by atoms with E-state index < -0.39 is 0 Å². The Labute approximate surface area is 65.7 Å². The number of nitrogens with one attached hydrogen (secondary N) is 2. The number of carbonyl (C=O) groups is 1. The topological polar surface area (TPSA) is 50.4 Å². The summed E-state index contributed by atoms with van der Waals surface area (Å²) in [4.78, 5) is 10.4. The van der Waals surface area contributed by atoms with Crippen molar-refractivity contribution in [1.82, 2.24) is 10.6 Å². The fourth-order valence-electron chi connectivity index (χ4n) is 0.783. The van der Waals surface area contributed by atoms with Gasteiger partial charge in [0.2, 0.25) is 0 Å². The van der Waals surface area contributed by atoms with Gasteiger partial charge in [-0.2, -0.15) is 0 Å². The van der Waals surface area contributed by atoms with E-state index in [2.05, 4.69) is 15.4 Å². The van der Waals surface area contributed by atoms with Crippen molar-refractivity contribution in [2.45, 2.75) is 6.04 Å². The normalized spacial score (nSPS) is 22.9. The van der Waals surface area contributed by atoms with E-state index in [0.717, 1.165) is 6.54 Å². The summed E-state index contributed by atoms with van der Waals surface area (Å²) >= 11 is 0. The van der Waals surface area contributed by atoms with Crippen LogP contribution in [-0.2, 0) is 4.74 Å². The van der Waals surface area contributed by atoms with Crippen molar-refractivity contribution in [3.8, 4) is 0 Å². The molecular formula is C5H11ClN2O2. The number of hydrogen-bond donors (Lipinski definition) is 2. The van der Waals surface area contributed by atoms with Crippen LogP contribution in [0.1, 0.15) is 0 Å². The summed E-state index contributed by atoms with van der Waals surface area (Å²) in [6.45, 7) is 1.26. The van der Waals surface area contributed by atoms with E-state index in [9.17, 15) is 4.79 Å². The van der Waals surface area contributed by atoms with Crippen LogP contribution in [0.15, 0.2) is 0 Å². The van der Waals surface area contributed by atoms with E-state index in [-0.39, 0.29) is 24.5 Å². The molecule has 0 spiro atoms. The highest BCUT2D eigenvalue weighted by Crippen LogP contribution is 1.94. The number of rotatable bonds is 2. The minimum atomic E-state index is -0.310. The van der Waals surface area contributed by atoms with Gasteiger partial charge < -0.3 is 15.4 Å². The maximum atomic E-state index is 10.4. The Kier molecular flexibility index (Phi) is 4.14. The third-order valence-electron chi connectivity index (χ3n) is 1.19. The molecule has 0 aromatic carbocycles. The summed E-state index contributed by atoms with van der Waals surface area (Å²) in [5, 5.41) is 5.57. The van der Waals surface area contributed by atoms with Crippen LogP contribution in [0.3, 0.4) is 0 Å². The zero-order valence-corrected chi connectivity index (χ0v) is 6.53. The van der Waals surface area contributed by atoms with Crippen LogP contribution in [-0.4, -0.2) is 32.3 Å². The number of cyclic esters (lactones) is 1. The van der Waals surface area contributed by atoms with Gasteiger partial charge in [-0.15, -0.1) is 12.4 Å². The molecule has 1 aliphatic heterocycles. The van der Waals surface area contributed by atoms with Gasteiger partial charge in [0.15, 0.2) is 0 Å². The van der Waals surface area contributed by atoms with Crippen molar-refractivity contribution in [1.29, 1.82) is 0 Å². The highest BCUT2D eigenvalue weighted by atomic mass is 35.5. The van der Waals surface area contributed by atoms with Gasteiger partial charge in [-0.3, -0.25) is 0 Å². The maximum Gasteiger partial charge on any atom is 0.407 e. The number of ether oxygens (including phenoxy) is 1. The van der Waals surface area contributed by atoms with Crippen molar-refractivity contribution in [2.24, 2.45) is 0 Å². The number of hydrogen-bond acceptors (Lipinski definition) is 3. The van der Waals surface area contributed by atoms with Crippen LogP contribution in [0.4, 0.5) is 4.79 Å². The van der Waals surface area contributed by atoms with Gasteiger partial charge in [0.1, 0.15) is 6.61 Å². The highest BCUT2D eigenvalue weighted by molar-refractivity contribution is 5.85. The van der Waals surface area contributed by atoms with E-state index in [0.29, 0.717) is 6.61 Å². The SMILES string of the molecule is CNC[C@@H]1COC(=O)N1.Cl. The molecule has 0 saturated carbocycles. The minimum Gasteiger partial charge on any atom is -0.447 e. The maximum absolute atomic E-state index is 10.4. The molecule has 10 heavy (non-hydrogen) atoms. The Morgan fingerprint density at radius 2 is 2.60 bits per heavy atom. The van der Waals surface area contributed by atoms with Gasteiger partial charge in [0.05, 0.1) is 6.04 Å². The van der Waals surface area contributed by atoms with Crippen LogP contribution >= 0.6 is 12.4 Å². The van der Waals surface area contributed by atoms with Crippen LogP contribution in [0.5, 0.6) is 0 Å². The van der Waals surface area contributed by atoms with E-state index >= 15 is 0 Å². The van der Waals surface area contributed by atoms with E-state index in [1.54, 1.807) is 0 Å². The molecule has 1 fully saturated rings. The van der Waals surface area contributed by atoms with Crippen molar-refractivity contribution in [3.63, 3.8) is 0 Å². The van der Waals surface area contributed by atoms with Crippen LogP contribution < -0.4 is 10.6 Å². The smallest absolute Gasteiger partial charge is 0.407 e. The Bertz CT molecular complexity index is 120. The molecule has 1 rings (SSSR count). The van der Waals surface area contributed by atoms with Crippen LogP contribution in [0.2, 0.25) is 0 Å². The van der Waals surface area contributed by atoms with Crippen molar-refractivity contribution in [2.75, 3.05) is 20.2 Å². The molecule has 0 aliphatic carbocycles. The van der Waals surface area contributed by atoms with Gasteiger partial charge in [-0.1, -0.05) is 0 Å². The molecule has 1 saturated heterocycles. The Morgan fingerprint density at radius 3 is 3.00 bits per heavy atom. The number of carbonyl (C=O) groups excluding carboxylic acids is 1. The van der Waals surface area contributed by atoms with Gasteiger partial charge in [-0.05, 0) is 7.05 Å². The summed E-state index contributed by atoms with van der Waals surface area (Å²) in [5.74, 6) is 0. The molecule has 0 radical (unpaired) electrons. The first-order valence-corrected chi connectivity index (χ1v) is 2.91. The molecule has 0 aromatic rings. The lowest BCUT2D eigenvalue weighted by Gasteiger charge is -2.03. The molecule has 2 N–H and O–H groups in total. The lowest BCUT2D eigenvalue weighted by Crippen LogP contribution is -2.35. The molecule has 4 nitrogen and oxygen atoms in total. The summed E-state index contributed by atoms with van der Waals surface area (Å²) < 4.78 is 4.63. The molecule has 5 heteroatoms. The van der Waals surface area contributed by atoms with E-state index in [1.807, 2.05) is 7.05 Å². The molecule has 0 aromatic heterocycles.